The molecule has 2 heterocycles. The molecule has 0 aliphatic carbocycles. The maximum atomic E-state index is 13.3. The molecule has 1 aliphatic rings. The summed E-state index contributed by atoms with van der Waals surface area (Å²) in [6, 6.07) is 2.80. The Kier molecular flexibility index (Phi) is 4.08. The minimum absolute atomic E-state index is 0.0419. The Morgan fingerprint density at radius 2 is 1.86 bits per heavy atom. The van der Waals surface area contributed by atoms with E-state index < -0.39 is 16.6 Å². The topological polar surface area (TPSA) is 100 Å². The predicted molar refractivity (Wildman–Crippen MR) is 111 cm³/mol. The average Bonchev–Trinajstić information content (AvgIpc) is 2.85. The van der Waals surface area contributed by atoms with Crippen LogP contribution < -0.4 is 10.2 Å². The van der Waals surface area contributed by atoms with Crippen LogP contribution in [0.5, 0.6) is 23.0 Å². The standard InChI is InChI=1S/C23H24O6/c1-10(2)6-7-12-19(25)14(24)8-13-20(26)17-15(29-22(12)13)9-16-18(21(17)27)23(4,5)11(3)28-16/h6,8-9,11,24-25,27H,7H2,1-5H3/t11-/m0/s1. The first kappa shape index (κ1) is 19.2. The number of phenolic OH excluding ortho intramolecular Hbond substituents is 3. The smallest absolute Gasteiger partial charge is 0.204 e. The lowest BCUT2D eigenvalue weighted by Crippen LogP contribution is -2.29. The molecule has 1 aromatic heterocycles. The molecule has 3 aromatic rings. The van der Waals surface area contributed by atoms with Crippen molar-refractivity contribution in [1.82, 2.24) is 0 Å². The van der Waals surface area contributed by atoms with E-state index in [0.717, 1.165) is 5.57 Å². The van der Waals surface area contributed by atoms with E-state index in [0.29, 0.717) is 16.9 Å². The molecule has 0 amide bonds. The van der Waals surface area contributed by atoms with Crippen LogP contribution in [0, 0.1) is 0 Å². The highest BCUT2D eigenvalue weighted by molar-refractivity contribution is 5.97. The second kappa shape index (κ2) is 6.17. The normalized spacial score (nSPS) is 17.3. The third kappa shape index (κ3) is 2.66. The highest BCUT2D eigenvalue weighted by Gasteiger charge is 2.42. The molecular weight excluding hydrogens is 372 g/mol. The molecule has 0 fully saturated rings. The number of hydrogen-bond donors (Lipinski definition) is 3. The largest absolute Gasteiger partial charge is 0.507 e. The van der Waals surface area contributed by atoms with Crippen LogP contribution in [0.1, 0.15) is 45.7 Å². The van der Waals surface area contributed by atoms with Crippen molar-refractivity contribution >= 4 is 21.9 Å². The van der Waals surface area contributed by atoms with Gasteiger partial charge in [-0.15, -0.1) is 0 Å². The van der Waals surface area contributed by atoms with Gasteiger partial charge in [-0.3, -0.25) is 4.79 Å². The Hall–Kier alpha value is -3.15. The van der Waals surface area contributed by atoms with E-state index in [1.807, 2.05) is 40.7 Å². The molecule has 1 aliphatic heterocycles. The Labute approximate surface area is 167 Å². The molecule has 152 valence electrons. The zero-order chi connectivity index (χ0) is 21.2. The van der Waals surface area contributed by atoms with E-state index in [-0.39, 0.29) is 46.0 Å². The molecule has 0 saturated heterocycles. The lowest BCUT2D eigenvalue weighted by atomic mass is 9.80. The summed E-state index contributed by atoms with van der Waals surface area (Å²) >= 11 is 0. The maximum absolute atomic E-state index is 13.3. The summed E-state index contributed by atoms with van der Waals surface area (Å²) in [5.41, 5.74) is 1.30. The number of benzene rings is 2. The second-order valence-electron chi connectivity index (χ2n) is 8.47. The van der Waals surface area contributed by atoms with Crippen LogP contribution in [0.2, 0.25) is 0 Å². The summed E-state index contributed by atoms with van der Waals surface area (Å²) in [5, 5.41) is 31.7. The SMILES string of the molecule is CC(C)=CCc1c(O)c(O)cc2c(=O)c3c(O)c4c(cc3oc12)O[C@@H](C)C4(C)C. The monoisotopic (exact) mass is 396 g/mol. The Bertz CT molecular complexity index is 1260. The minimum atomic E-state index is -0.485. The first-order valence-electron chi connectivity index (χ1n) is 9.54. The molecule has 6 nitrogen and oxygen atoms in total. The second-order valence-corrected chi connectivity index (χ2v) is 8.47. The van der Waals surface area contributed by atoms with Crippen molar-refractivity contribution in [3.8, 4) is 23.0 Å². The molecule has 0 saturated carbocycles. The van der Waals surface area contributed by atoms with Gasteiger partial charge >= 0.3 is 0 Å². The van der Waals surface area contributed by atoms with Gasteiger partial charge in [-0.1, -0.05) is 25.5 Å². The molecule has 29 heavy (non-hydrogen) atoms. The highest BCUT2D eigenvalue weighted by Crippen LogP contribution is 2.50. The van der Waals surface area contributed by atoms with Gasteiger partial charge in [-0.2, -0.15) is 0 Å². The van der Waals surface area contributed by atoms with E-state index in [2.05, 4.69) is 0 Å². The van der Waals surface area contributed by atoms with Crippen LogP contribution in [0.4, 0.5) is 0 Å². The molecule has 2 aromatic carbocycles. The van der Waals surface area contributed by atoms with Crippen molar-refractivity contribution in [3.63, 3.8) is 0 Å². The Morgan fingerprint density at radius 1 is 1.17 bits per heavy atom. The fourth-order valence-corrected chi connectivity index (χ4v) is 3.90. The zero-order valence-corrected chi connectivity index (χ0v) is 17.1. The van der Waals surface area contributed by atoms with E-state index >= 15 is 0 Å². The van der Waals surface area contributed by atoms with E-state index in [9.17, 15) is 20.1 Å². The zero-order valence-electron chi connectivity index (χ0n) is 17.1. The van der Waals surface area contributed by atoms with Gasteiger partial charge in [0.2, 0.25) is 5.43 Å². The van der Waals surface area contributed by atoms with Gasteiger partial charge in [-0.05, 0) is 33.3 Å². The van der Waals surface area contributed by atoms with Crippen LogP contribution in [-0.2, 0) is 11.8 Å². The number of fused-ring (bicyclic) bond motifs is 3. The van der Waals surface area contributed by atoms with E-state index in [4.69, 9.17) is 9.15 Å². The van der Waals surface area contributed by atoms with Crippen LogP contribution >= 0.6 is 0 Å². The maximum Gasteiger partial charge on any atom is 0.204 e. The van der Waals surface area contributed by atoms with Crippen LogP contribution in [0.15, 0.2) is 33.0 Å². The van der Waals surface area contributed by atoms with Gasteiger partial charge in [0.05, 0.1) is 5.39 Å². The Balaban J connectivity index is 2.13. The molecule has 0 bridgehead atoms. The summed E-state index contributed by atoms with van der Waals surface area (Å²) in [6.07, 6.45) is 1.96. The summed E-state index contributed by atoms with van der Waals surface area (Å²) < 4.78 is 11.9. The van der Waals surface area contributed by atoms with E-state index in [1.54, 1.807) is 6.07 Å². The number of hydrogen-bond acceptors (Lipinski definition) is 6. The summed E-state index contributed by atoms with van der Waals surface area (Å²) in [5.74, 6) is -0.419. The van der Waals surface area contributed by atoms with Gasteiger partial charge in [0, 0.05) is 22.6 Å². The van der Waals surface area contributed by atoms with Gasteiger partial charge in [0.15, 0.2) is 11.5 Å². The van der Waals surface area contributed by atoms with Crippen LogP contribution in [0.25, 0.3) is 21.9 Å². The third-order valence-corrected chi connectivity index (χ3v) is 5.92. The molecule has 4 rings (SSSR count). The van der Waals surface area contributed by atoms with Crippen molar-refractivity contribution < 1.29 is 24.5 Å². The van der Waals surface area contributed by atoms with Gasteiger partial charge < -0.3 is 24.5 Å². The fourth-order valence-electron chi connectivity index (χ4n) is 3.90. The number of rotatable bonds is 2. The number of allylic oxidation sites excluding steroid dienone is 2. The van der Waals surface area contributed by atoms with Gasteiger partial charge in [0.25, 0.3) is 0 Å². The third-order valence-electron chi connectivity index (χ3n) is 5.92. The lowest BCUT2D eigenvalue weighted by Gasteiger charge is -2.22. The molecule has 0 radical (unpaired) electrons. The first-order chi connectivity index (χ1) is 13.5. The molecule has 1 atom stereocenters. The quantitative estimate of drug-likeness (QED) is 0.332. The predicted octanol–water partition coefficient (Wildman–Crippen LogP) is 4.63. The number of ether oxygens (including phenoxy) is 1. The van der Waals surface area contributed by atoms with Crippen LogP contribution in [0.3, 0.4) is 0 Å². The van der Waals surface area contributed by atoms with Gasteiger partial charge in [-0.25, -0.2) is 0 Å². The fraction of sp³-hybridized carbons (Fsp3) is 0.348. The van der Waals surface area contributed by atoms with Crippen LogP contribution in [-0.4, -0.2) is 21.4 Å². The van der Waals surface area contributed by atoms with Crippen molar-refractivity contribution in [2.75, 3.05) is 0 Å². The molecule has 3 N–H and O–H groups in total. The van der Waals surface area contributed by atoms with Crippen molar-refractivity contribution in [3.05, 3.63) is 45.1 Å². The molecule has 6 heteroatoms. The van der Waals surface area contributed by atoms with Gasteiger partial charge in [0.1, 0.15) is 34.2 Å². The first-order valence-corrected chi connectivity index (χ1v) is 9.54. The lowest BCUT2D eigenvalue weighted by molar-refractivity contribution is 0.185. The average molecular weight is 396 g/mol. The minimum Gasteiger partial charge on any atom is -0.507 e. The van der Waals surface area contributed by atoms with E-state index in [1.165, 1.54) is 6.07 Å². The molecular formula is C23H24O6. The number of aromatic hydroxyl groups is 3. The van der Waals surface area contributed by atoms with Crippen molar-refractivity contribution in [2.24, 2.45) is 0 Å². The Morgan fingerprint density at radius 3 is 2.52 bits per heavy atom. The number of phenols is 3. The van der Waals surface area contributed by atoms with Crippen molar-refractivity contribution in [1.29, 1.82) is 0 Å². The highest BCUT2D eigenvalue weighted by atomic mass is 16.5. The summed E-state index contributed by atoms with van der Waals surface area (Å²) in [4.78, 5) is 13.3. The molecule has 0 spiro atoms. The summed E-state index contributed by atoms with van der Waals surface area (Å²) in [6.45, 7) is 9.62. The summed E-state index contributed by atoms with van der Waals surface area (Å²) in [7, 11) is 0. The molecule has 0 unspecified atom stereocenters. The van der Waals surface area contributed by atoms with Crippen molar-refractivity contribution in [2.45, 2.75) is 52.6 Å².